The minimum absolute atomic E-state index is 0.00846. The highest BCUT2D eigenvalue weighted by atomic mass is 16.7. The van der Waals surface area contributed by atoms with Crippen LogP contribution in [0.3, 0.4) is 0 Å². The minimum atomic E-state index is -1.18. The van der Waals surface area contributed by atoms with Gasteiger partial charge in [-0.25, -0.2) is 47.9 Å². The molecule has 344 valence electrons. The first kappa shape index (κ1) is 54.6. The lowest BCUT2D eigenvalue weighted by molar-refractivity contribution is -0.171. The third-order valence-electron chi connectivity index (χ3n) is 6.07. The summed E-state index contributed by atoms with van der Waals surface area (Å²) in [6, 6.07) is 0.00846. The Hall–Kier alpha value is -6.44. The number of carbonyl (C=O) groups excluding carboxylic acids is 12. The summed E-state index contributed by atoms with van der Waals surface area (Å²) in [6.07, 6.45) is 0.672. The first-order valence-corrected chi connectivity index (χ1v) is 18.0. The highest BCUT2D eigenvalue weighted by molar-refractivity contribution is 5.84. The standard InChI is InChI=1S/C35H49NO25/c1-22(2)5-6-24(37)52-14-28(41)56-18-32(45)60-20-34(47)58-16-30(43)54-12-26(39)50-9-7-49-8-10-51-27(40)13-55-31(44)17-59-35(48)21-61-33(46)19-57-29(42)15-53-25(38)11-36-23(3)4/h22-23,36H,5-21H2,1-4H3. The van der Waals surface area contributed by atoms with Gasteiger partial charge in [0.25, 0.3) is 0 Å². The summed E-state index contributed by atoms with van der Waals surface area (Å²) in [6.45, 7) is -2.47. The predicted molar refractivity (Wildman–Crippen MR) is 190 cm³/mol. The monoisotopic (exact) mass is 883 g/mol. The van der Waals surface area contributed by atoms with Gasteiger partial charge in [-0.2, -0.15) is 0 Å². The van der Waals surface area contributed by atoms with E-state index in [1.54, 1.807) is 13.8 Å². The van der Waals surface area contributed by atoms with E-state index in [0.29, 0.717) is 6.42 Å². The molecule has 0 aromatic carbocycles. The van der Waals surface area contributed by atoms with Crippen molar-refractivity contribution in [1.82, 2.24) is 5.32 Å². The van der Waals surface area contributed by atoms with Crippen molar-refractivity contribution in [3.05, 3.63) is 0 Å². The van der Waals surface area contributed by atoms with Crippen LogP contribution in [0.4, 0.5) is 0 Å². The smallest absolute Gasteiger partial charge is 0.344 e. The summed E-state index contributed by atoms with van der Waals surface area (Å²) in [4.78, 5) is 139. The molecule has 0 fully saturated rings. The van der Waals surface area contributed by atoms with Crippen molar-refractivity contribution in [1.29, 1.82) is 0 Å². The molecule has 0 radical (unpaired) electrons. The molecule has 61 heavy (non-hydrogen) atoms. The maximum Gasteiger partial charge on any atom is 0.344 e. The average molecular weight is 884 g/mol. The molecule has 0 aliphatic rings. The van der Waals surface area contributed by atoms with Crippen LogP contribution >= 0.6 is 0 Å². The van der Waals surface area contributed by atoms with Crippen LogP contribution in [-0.4, -0.2) is 177 Å². The van der Waals surface area contributed by atoms with Crippen LogP contribution in [0.15, 0.2) is 0 Å². The van der Waals surface area contributed by atoms with Crippen LogP contribution in [-0.2, 0) is 119 Å². The summed E-state index contributed by atoms with van der Waals surface area (Å²) in [5.74, 6) is -12.1. The fourth-order valence-corrected chi connectivity index (χ4v) is 3.16. The molecule has 0 aliphatic carbocycles. The van der Waals surface area contributed by atoms with Gasteiger partial charge in [0, 0.05) is 12.5 Å². The highest BCUT2D eigenvalue weighted by Gasteiger charge is 2.18. The van der Waals surface area contributed by atoms with Crippen LogP contribution in [0.2, 0.25) is 0 Å². The zero-order valence-corrected chi connectivity index (χ0v) is 33.9. The van der Waals surface area contributed by atoms with Crippen LogP contribution in [0.5, 0.6) is 0 Å². The van der Waals surface area contributed by atoms with Gasteiger partial charge in [-0.15, -0.1) is 0 Å². The topological polar surface area (TPSA) is 337 Å². The molecular formula is C35H49NO25. The lowest BCUT2D eigenvalue weighted by Crippen LogP contribution is -2.31. The Morgan fingerprint density at radius 2 is 0.574 bits per heavy atom. The molecule has 0 aromatic heterocycles. The molecule has 0 aliphatic heterocycles. The van der Waals surface area contributed by atoms with Crippen molar-refractivity contribution < 1.29 is 119 Å². The van der Waals surface area contributed by atoms with E-state index in [4.69, 9.17) is 18.9 Å². The zero-order chi connectivity index (χ0) is 46.0. The molecule has 0 heterocycles. The van der Waals surface area contributed by atoms with Crippen molar-refractivity contribution in [3.63, 3.8) is 0 Å². The Morgan fingerprint density at radius 1 is 0.328 bits per heavy atom. The molecule has 0 aromatic rings. The maximum atomic E-state index is 11.7. The third-order valence-corrected chi connectivity index (χ3v) is 6.07. The fraction of sp³-hybridized carbons (Fsp3) is 0.657. The van der Waals surface area contributed by atoms with Crippen molar-refractivity contribution in [2.75, 3.05) is 99.0 Å². The number of hydrogen-bond donors (Lipinski definition) is 1. The second kappa shape index (κ2) is 33.4. The van der Waals surface area contributed by atoms with Gasteiger partial charge in [0.05, 0.1) is 19.8 Å². The number of esters is 12. The maximum absolute atomic E-state index is 11.7. The van der Waals surface area contributed by atoms with Gasteiger partial charge in [0.2, 0.25) is 0 Å². The quantitative estimate of drug-likeness (QED) is 0.0398. The molecule has 26 heteroatoms. The molecule has 0 rings (SSSR count). The van der Waals surface area contributed by atoms with E-state index in [-0.39, 0.29) is 51.4 Å². The second-order valence-electron chi connectivity index (χ2n) is 12.1. The molecule has 0 saturated heterocycles. The van der Waals surface area contributed by atoms with Gasteiger partial charge >= 0.3 is 71.6 Å². The summed E-state index contributed by atoms with van der Waals surface area (Å²) < 4.78 is 60.1. The summed E-state index contributed by atoms with van der Waals surface area (Å²) in [5.41, 5.74) is 0. The zero-order valence-electron chi connectivity index (χ0n) is 33.9. The van der Waals surface area contributed by atoms with Crippen LogP contribution in [0, 0.1) is 5.92 Å². The van der Waals surface area contributed by atoms with Crippen LogP contribution in [0.25, 0.3) is 0 Å². The van der Waals surface area contributed by atoms with Crippen molar-refractivity contribution >= 4 is 71.6 Å². The molecule has 0 amide bonds. The molecule has 0 spiro atoms. The molecule has 1 N–H and O–H groups in total. The first-order valence-electron chi connectivity index (χ1n) is 18.0. The summed E-state index contributed by atoms with van der Waals surface area (Å²) in [5, 5.41) is 2.77. The molecule has 0 unspecified atom stereocenters. The summed E-state index contributed by atoms with van der Waals surface area (Å²) >= 11 is 0. The lowest BCUT2D eigenvalue weighted by atomic mass is 10.1. The van der Waals surface area contributed by atoms with Gasteiger partial charge in [-0.1, -0.05) is 27.7 Å². The lowest BCUT2D eigenvalue weighted by Gasteiger charge is -2.09. The Labute approximate surface area is 347 Å². The minimum Gasteiger partial charge on any atom is -0.461 e. The molecule has 0 atom stereocenters. The number of ether oxygens (including phenoxy) is 13. The number of hydrogen-bond acceptors (Lipinski definition) is 26. The Morgan fingerprint density at radius 3 is 0.836 bits per heavy atom. The van der Waals surface area contributed by atoms with Gasteiger partial charge in [0.15, 0.2) is 66.1 Å². The summed E-state index contributed by atoms with van der Waals surface area (Å²) in [7, 11) is 0. The van der Waals surface area contributed by atoms with Gasteiger partial charge in [-0.05, 0) is 12.3 Å². The fourth-order valence-electron chi connectivity index (χ4n) is 3.16. The largest absolute Gasteiger partial charge is 0.461 e. The highest BCUT2D eigenvalue weighted by Crippen LogP contribution is 2.04. The van der Waals surface area contributed by atoms with Gasteiger partial charge in [-0.3, -0.25) is 9.59 Å². The Bertz CT molecular complexity index is 1380. The Balaban J connectivity index is 3.86. The van der Waals surface area contributed by atoms with E-state index in [1.807, 2.05) is 13.8 Å². The normalized spacial score (nSPS) is 10.3. The van der Waals surface area contributed by atoms with E-state index in [9.17, 15) is 57.5 Å². The van der Waals surface area contributed by atoms with E-state index in [2.05, 4.69) is 47.9 Å². The molecule has 0 saturated carbocycles. The van der Waals surface area contributed by atoms with Crippen LogP contribution < -0.4 is 5.32 Å². The molecular weight excluding hydrogens is 834 g/mol. The van der Waals surface area contributed by atoms with E-state index >= 15 is 0 Å². The number of carbonyl (C=O) groups is 12. The Kier molecular flexibility index (Phi) is 29.9. The molecule has 0 bridgehead atoms. The number of rotatable bonds is 32. The number of nitrogens with one attached hydrogen (secondary N) is 1. The van der Waals surface area contributed by atoms with Crippen LogP contribution in [0.1, 0.15) is 40.5 Å². The van der Waals surface area contributed by atoms with Crippen molar-refractivity contribution in [2.24, 2.45) is 5.92 Å². The molecule has 26 nitrogen and oxygen atoms in total. The van der Waals surface area contributed by atoms with E-state index in [0.717, 1.165) is 0 Å². The van der Waals surface area contributed by atoms with E-state index < -0.39 is 138 Å². The van der Waals surface area contributed by atoms with Crippen molar-refractivity contribution in [2.45, 2.75) is 46.6 Å². The first-order chi connectivity index (χ1) is 28.9. The third kappa shape index (κ3) is 35.2. The second-order valence-corrected chi connectivity index (χ2v) is 12.1. The van der Waals surface area contributed by atoms with Crippen molar-refractivity contribution in [3.8, 4) is 0 Å². The predicted octanol–water partition coefficient (Wildman–Crippen LogP) is -3.04. The van der Waals surface area contributed by atoms with E-state index in [1.165, 1.54) is 0 Å². The SMILES string of the molecule is CC(C)CCC(=O)OCC(=O)OCC(=O)OCC(=O)OCC(=O)OCC(=O)OCCOCCOC(=O)COC(=O)COC(=O)COC(=O)COC(=O)COC(=O)CNC(C)C. The average Bonchev–Trinajstić information content (AvgIpc) is 3.22. The van der Waals surface area contributed by atoms with Gasteiger partial charge in [0.1, 0.15) is 13.2 Å². The van der Waals surface area contributed by atoms with Gasteiger partial charge < -0.3 is 66.9 Å².